The molecule has 7 heteroatoms. The molecule has 7 nitrogen and oxygen atoms in total. The van der Waals surface area contributed by atoms with Gasteiger partial charge in [-0.1, -0.05) is 60.7 Å². The van der Waals surface area contributed by atoms with Gasteiger partial charge in [-0.15, -0.1) is 0 Å². The first-order valence-electron chi connectivity index (χ1n) is 10.6. The van der Waals surface area contributed by atoms with E-state index < -0.39 is 17.3 Å². The van der Waals surface area contributed by atoms with Gasteiger partial charge in [0.15, 0.2) is 6.23 Å². The minimum Gasteiger partial charge on any atom is -0.344 e. The Morgan fingerprint density at radius 3 is 2.30 bits per heavy atom. The number of nitrogens with one attached hydrogen (secondary N) is 1. The molecule has 1 saturated heterocycles. The predicted molar refractivity (Wildman–Crippen MR) is 126 cm³/mol. The lowest BCUT2D eigenvalue weighted by molar-refractivity contribution is -0.384. The van der Waals surface area contributed by atoms with Crippen LogP contribution in [-0.2, 0) is 4.74 Å². The number of amides is 2. The van der Waals surface area contributed by atoms with Gasteiger partial charge in [-0.05, 0) is 40.6 Å². The number of nitrogens with zero attached hydrogens (tertiary/aromatic N) is 2. The van der Waals surface area contributed by atoms with Crippen LogP contribution in [0.25, 0.3) is 10.8 Å². The number of urea groups is 1. The van der Waals surface area contributed by atoms with Crippen molar-refractivity contribution in [1.29, 1.82) is 0 Å². The van der Waals surface area contributed by atoms with Gasteiger partial charge in [0.2, 0.25) is 0 Å². The fourth-order valence-corrected chi connectivity index (χ4v) is 4.07. The molecule has 2 atom stereocenters. The van der Waals surface area contributed by atoms with Crippen molar-refractivity contribution in [3.8, 4) is 0 Å². The number of non-ortho nitro benzene ring substituents is 1. The molecule has 1 N–H and O–H groups in total. The number of hydrogen-bond acceptors (Lipinski definition) is 4. The summed E-state index contributed by atoms with van der Waals surface area (Å²) in [6.07, 6.45) is -0.981. The lowest BCUT2D eigenvalue weighted by Gasteiger charge is -2.23. The van der Waals surface area contributed by atoms with Crippen molar-refractivity contribution in [2.75, 3.05) is 11.9 Å². The molecule has 1 aliphatic rings. The smallest absolute Gasteiger partial charge is 0.324 e. The molecule has 5 rings (SSSR count). The van der Waals surface area contributed by atoms with Crippen molar-refractivity contribution in [3.05, 3.63) is 118 Å². The van der Waals surface area contributed by atoms with Gasteiger partial charge in [-0.2, -0.15) is 0 Å². The van der Waals surface area contributed by atoms with Gasteiger partial charge >= 0.3 is 6.03 Å². The topological polar surface area (TPSA) is 84.7 Å². The number of nitro groups is 1. The Bertz CT molecular complexity index is 1310. The van der Waals surface area contributed by atoms with Crippen molar-refractivity contribution < 1.29 is 14.5 Å². The molecule has 1 heterocycles. The zero-order chi connectivity index (χ0) is 22.8. The number of carbonyl (C=O) groups excluding carboxylic acids is 1. The molecule has 0 unspecified atom stereocenters. The van der Waals surface area contributed by atoms with Crippen LogP contribution in [0.5, 0.6) is 0 Å². The number of nitro benzene ring substituents is 1. The number of carbonyl (C=O) groups is 1. The molecule has 33 heavy (non-hydrogen) atoms. The quantitative estimate of drug-likeness (QED) is 0.310. The Labute approximate surface area is 190 Å². The number of rotatable bonds is 4. The van der Waals surface area contributed by atoms with E-state index in [9.17, 15) is 14.9 Å². The number of fused-ring (bicyclic) bond motifs is 1. The van der Waals surface area contributed by atoms with Gasteiger partial charge in [-0.3, -0.25) is 15.0 Å². The van der Waals surface area contributed by atoms with Crippen molar-refractivity contribution in [1.82, 2.24) is 4.90 Å². The zero-order valence-corrected chi connectivity index (χ0v) is 17.6. The minimum atomic E-state index is -0.577. The van der Waals surface area contributed by atoms with Gasteiger partial charge in [0, 0.05) is 23.4 Å². The summed E-state index contributed by atoms with van der Waals surface area (Å²) in [7, 11) is 0. The Morgan fingerprint density at radius 2 is 1.58 bits per heavy atom. The molecule has 4 aromatic carbocycles. The molecule has 0 spiro atoms. The predicted octanol–water partition coefficient (Wildman–Crippen LogP) is 6.05. The lowest BCUT2D eigenvalue weighted by Crippen LogP contribution is -2.35. The van der Waals surface area contributed by atoms with Crippen molar-refractivity contribution >= 4 is 28.2 Å². The third kappa shape index (κ3) is 4.26. The second kappa shape index (κ2) is 8.72. The van der Waals surface area contributed by atoms with Crippen LogP contribution in [0.4, 0.5) is 16.2 Å². The van der Waals surface area contributed by atoms with E-state index in [2.05, 4.69) is 5.32 Å². The van der Waals surface area contributed by atoms with E-state index in [-0.39, 0.29) is 11.7 Å². The first-order chi connectivity index (χ1) is 16.1. The van der Waals surface area contributed by atoms with Crippen molar-refractivity contribution in [2.24, 2.45) is 0 Å². The largest absolute Gasteiger partial charge is 0.344 e. The molecule has 164 valence electrons. The maximum Gasteiger partial charge on any atom is 0.324 e. The lowest BCUT2D eigenvalue weighted by atomic mass is 10.1. The summed E-state index contributed by atoms with van der Waals surface area (Å²) < 4.78 is 6.27. The Kier molecular flexibility index (Phi) is 5.46. The van der Waals surface area contributed by atoms with Gasteiger partial charge in [0.1, 0.15) is 6.10 Å². The van der Waals surface area contributed by atoms with Crippen LogP contribution in [0, 0.1) is 10.1 Å². The monoisotopic (exact) mass is 439 g/mol. The second-order valence-corrected chi connectivity index (χ2v) is 7.88. The van der Waals surface area contributed by atoms with Crippen LogP contribution < -0.4 is 5.32 Å². The number of ether oxygens (including phenoxy) is 1. The molecular formula is C26H21N3O4. The van der Waals surface area contributed by atoms with E-state index in [0.29, 0.717) is 12.2 Å². The molecule has 4 aromatic rings. The SMILES string of the molecule is O=C(Nc1ccc2ccccc2c1)N1C[C@H](c2ccc([N+](=O)[O-])cc2)O[C@H]1c1ccccc1. The zero-order valence-electron chi connectivity index (χ0n) is 17.6. The summed E-state index contributed by atoms with van der Waals surface area (Å²) >= 11 is 0. The van der Waals surface area contributed by atoms with Crippen LogP contribution in [0.1, 0.15) is 23.5 Å². The maximum absolute atomic E-state index is 13.3. The highest BCUT2D eigenvalue weighted by atomic mass is 16.6. The van der Waals surface area contributed by atoms with Crippen molar-refractivity contribution in [3.63, 3.8) is 0 Å². The third-order valence-corrected chi connectivity index (χ3v) is 5.76. The molecular weight excluding hydrogens is 418 g/mol. The van der Waals surface area contributed by atoms with E-state index in [1.807, 2.05) is 72.8 Å². The minimum absolute atomic E-state index is 0.0160. The van der Waals surface area contributed by atoms with Crippen LogP contribution in [0.15, 0.2) is 97.1 Å². The Hall–Kier alpha value is -4.23. The average Bonchev–Trinajstić information content (AvgIpc) is 3.30. The van der Waals surface area contributed by atoms with E-state index in [1.54, 1.807) is 17.0 Å². The highest BCUT2D eigenvalue weighted by molar-refractivity contribution is 5.93. The van der Waals surface area contributed by atoms with Gasteiger partial charge in [-0.25, -0.2) is 4.79 Å². The fourth-order valence-electron chi connectivity index (χ4n) is 4.07. The molecule has 0 bridgehead atoms. The first kappa shape index (κ1) is 20.7. The highest BCUT2D eigenvalue weighted by Gasteiger charge is 2.38. The summed E-state index contributed by atoms with van der Waals surface area (Å²) in [4.78, 5) is 25.5. The van der Waals surface area contributed by atoms with E-state index in [1.165, 1.54) is 12.1 Å². The summed E-state index contributed by atoms with van der Waals surface area (Å²) in [6.45, 7) is 0.316. The second-order valence-electron chi connectivity index (χ2n) is 7.88. The molecule has 0 aromatic heterocycles. The van der Waals surface area contributed by atoms with Crippen LogP contribution in [0.2, 0.25) is 0 Å². The first-order valence-corrected chi connectivity index (χ1v) is 10.6. The Balaban J connectivity index is 1.41. The molecule has 0 aliphatic carbocycles. The standard InChI is InChI=1S/C26H21N3O4/c30-26(27-22-13-10-18-6-4-5-9-21(18)16-22)28-17-24(19-11-14-23(15-12-19)29(31)32)33-25(28)20-7-2-1-3-8-20/h1-16,24-25H,17H2,(H,27,30)/t24-,25+/m1/s1. The van der Waals surface area contributed by atoms with E-state index in [0.717, 1.165) is 21.9 Å². The third-order valence-electron chi connectivity index (χ3n) is 5.76. The van der Waals surface area contributed by atoms with Crippen LogP contribution in [-0.4, -0.2) is 22.4 Å². The maximum atomic E-state index is 13.3. The molecule has 0 saturated carbocycles. The van der Waals surface area contributed by atoms with Crippen LogP contribution in [0.3, 0.4) is 0 Å². The van der Waals surface area contributed by atoms with Gasteiger partial charge in [0.25, 0.3) is 5.69 Å². The highest BCUT2D eigenvalue weighted by Crippen LogP contribution is 2.38. The summed E-state index contributed by atoms with van der Waals surface area (Å²) in [6, 6.07) is 29.3. The van der Waals surface area contributed by atoms with Gasteiger partial charge in [0.05, 0.1) is 11.5 Å². The fraction of sp³-hybridized carbons (Fsp3) is 0.115. The number of anilines is 1. The van der Waals surface area contributed by atoms with E-state index in [4.69, 9.17) is 4.74 Å². The van der Waals surface area contributed by atoms with Gasteiger partial charge < -0.3 is 10.1 Å². The Morgan fingerprint density at radius 1 is 0.879 bits per heavy atom. The summed E-state index contributed by atoms with van der Waals surface area (Å²) in [5, 5.41) is 16.1. The normalized spacial score (nSPS) is 17.8. The molecule has 2 amide bonds. The average molecular weight is 439 g/mol. The molecule has 0 radical (unpaired) electrons. The van der Waals surface area contributed by atoms with Crippen LogP contribution >= 0.6 is 0 Å². The molecule has 1 fully saturated rings. The van der Waals surface area contributed by atoms with E-state index >= 15 is 0 Å². The number of hydrogen-bond donors (Lipinski definition) is 1. The molecule has 1 aliphatic heterocycles. The van der Waals surface area contributed by atoms with Crippen molar-refractivity contribution in [2.45, 2.75) is 12.3 Å². The summed E-state index contributed by atoms with van der Waals surface area (Å²) in [5.41, 5.74) is 2.35. The summed E-state index contributed by atoms with van der Waals surface area (Å²) in [5.74, 6) is 0. The number of benzene rings is 4.